The molecule has 6 nitrogen and oxygen atoms in total. The summed E-state index contributed by atoms with van der Waals surface area (Å²) < 4.78 is 5.49. The number of hydrogen-bond acceptors (Lipinski definition) is 6. The molecule has 0 bridgehead atoms. The summed E-state index contributed by atoms with van der Waals surface area (Å²) in [5.74, 6) is 0.172. The number of hydrogen-bond donors (Lipinski definition) is 0. The summed E-state index contributed by atoms with van der Waals surface area (Å²) in [6.45, 7) is 4.90. The van der Waals surface area contributed by atoms with E-state index in [0.717, 1.165) is 48.7 Å². The van der Waals surface area contributed by atoms with Gasteiger partial charge in [-0.3, -0.25) is 4.79 Å². The van der Waals surface area contributed by atoms with Gasteiger partial charge in [0, 0.05) is 30.6 Å². The predicted octanol–water partition coefficient (Wildman–Crippen LogP) is 2.91. The average molecular weight is 402 g/mol. The molecular weight excluding hydrogens is 376 g/mol. The number of anilines is 1. The molecule has 0 radical (unpaired) electrons. The Bertz CT molecular complexity index is 996. The minimum absolute atomic E-state index is 0.0833. The summed E-state index contributed by atoms with van der Waals surface area (Å²) in [5, 5.41) is 9.81. The first kappa shape index (κ1) is 19.2. The lowest BCUT2D eigenvalue weighted by atomic mass is 9.51. The van der Waals surface area contributed by atoms with E-state index < -0.39 is 11.3 Å². The molecule has 2 aliphatic carbocycles. The number of aromatic nitrogens is 2. The monoisotopic (exact) mass is 402 g/mol. The van der Waals surface area contributed by atoms with Gasteiger partial charge in [-0.1, -0.05) is 37.3 Å². The molecule has 1 saturated heterocycles. The maximum atomic E-state index is 12.9. The molecule has 6 heteroatoms. The second-order valence-electron chi connectivity index (χ2n) is 8.70. The van der Waals surface area contributed by atoms with Crippen molar-refractivity contribution in [3.8, 4) is 6.07 Å². The summed E-state index contributed by atoms with van der Waals surface area (Å²) in [6, 6.07) is 12.7. The molecular formula is C24H26N4O2. The highest BCUT2D eigenvalue weighted by molar-refractivity contribution is 5.87. The van der Waals surface area contributed by atoms with Gasteiger partial charge >= 0.3 is 0 Å². The first-order chi connectivity index (χ1) is 14.6. The second kappa shape index (κ2) is 7.48. The van der Waals surface area contributed by atoms with Crippen molar-refractivity contribution in [3.63, 3.8) is 0 Å². The topological polar surface area (TPSA) is 79.1 Å². The van der Waals surface area contributed by atoms with E-state index in [1.165, 1.54) is 0 Å². The zero-order chi connectivity index (χ0) is 20.7. The van der Waals surface area contributed by atoms with Crippen LogP contribution in [0.5, 0.6) is 0 Å². The Morgan fingerprint density at radius 3 is 2.73 bits per heavy atom. The van der Waals surface area contributed by atoms with Crippen LogP contribution in [-0.4, -0.2) is 42.1 Å². The molecule has 5 rings (SSSR count). The van der Waals surface area contributed by atoms with Crippen molar-refractivity contribution in [2.75, 3.05) is 31.2 Å². The molecule has 4 atom stereocenters. The summed E-state index contributed by atoms with van der Waals surface area (Å²) in [5.41, 5.74) is 2.88. The molecule has 2 aromatic rings. The second-order valence-corrected chi connectivity index (χ2v) is 8.70. The number of ketones is 1. The minimum atomic E-state index is -0.607. The molecule has 1 aliphatic heterocycles. The van der Waals surface area contributed by atoms with Crippen molar-refractivity contribution < 1.29 is 9.53 Å². The fourth-order valence-electron chi connectivity index (χ4n) is 5.79. The minimum Gasteiger partial charge on any atom is -0.378 e. The molecule has 1 aromatic heterocycles. The Balaban J connectivity index is 1.71. The van der Waals surface area contributed by atoms with E-state index in [-0.39, 0.29) is 17.6 Å². The Hall–Kier alpha value is -2.78. The van der Waals surface area contributed by atoms with Crippen LogP contribution in [0.15, 0.2) is 36.5 Å². The standard InChI is InChI=1S/C24H26N4O2/c1-16-20-8-7-17-15-26-23(28-9-11-30-12-10-28)27-22(17)24(20,13-18(14-25)21(16)29)19-5-3-2-4-6-19/h2-6,15-16,18,20H,7-13H2,1H3/t16-,18?,20-,24?/m0/s1. The Morgan fingerprint density at radius 2 is 2.00 bits per heavy atom. The predicted molar refractivity (Wildman–Crippen MR) is 112 cm³/mol. The third kappa shape index (κ3) is 2.84. The molecule has 2 heterocycles. The molecule has 30 heavy (non-hydrogen) atoms. The first-order valence-corrected chi connectivity index (χ1v) is 10.8. The Morgan fingerprint density at radius 1 is 1.23 bits per heavy atom. The van der Waals surface area contributed by atoms with Crippen LogP contribution < -0.4 is 4.90 Å². The molecule has 3 aliphatic rings. The van der Waals surface area contributed by atoms with Crippen LogP contribution in [-0.2, 0) is 21.4 Å². The molecule has 1 saturated carbocycles. The Labute approximate surface area is 176 Å². The highest BCUT2D eigenvalue weighted by Gasteiger charge is 2.56. The summed E-state index contributed by atoms with van der Waals surface area (Å²) in [7, 11) is 0. The van der Waals surface area contributed by atoms with Gasteiger partial charge < -0.3 is 9.64 Å². The molecule has 1 aromatic carbocycles. The fourth-order valence-corrected chi connectivity index (χ4v) is 5.79. The van der Waals surface area contributed by atoms with Crippen LogP contribution in [0, 0.1) is 29.1 Å². The van der Waals surface area contributed by atoms with E-state index in [2.05, 4.69) is 28.1 Å². The number of Topliss-reactive ketones (excluding diaryl/α,β-unsaturated/α-hetero) is 1. The van der Waals surface area contributed by atoms with Crippen LogP contribution >= 0.6 is 0 Å². The van der Waals surface area contributed by atoms with Crippen molar-refractivity contribution in [2.45, 2.75) is 31.6 Å². The number of carbonyl (C=O) groups is 1. The van der Waals surface area contributed by atoms with Gasteiger partial charge in [-0.25, -0.2) is 9.97 Å². The molecule has 154 valence electrons. The van der Waals surface area contributed by atoms with Gasteiger partial charge in [0.1, 0.15) is 5.92 Å². The van der Waals surface area contributed by atoms with Crippen LogP contribution in [0.4, 0.5) is 5.95 Å². The van der Waals surface area contributed by atoms with E-state index in [1.807, 2.05) is 31.3 Å². The average Bonchev–Trinajstić information content (AvgIpc) is 2.82. The maximum Gasteiger partial charge on any atom is 0.225 e. The van der Waals surface area contributed by atoms with Gasteiger partial charge in [-0.2, -0.15) is 5.26 Å². The highest BCUT2D eigenvalue weighted by Crippen LogP contribution is 2.55. The number of morpholine rings is 1. The van der Waals surface area contributed by atoms with E-state index in [4.69, 9.17) is 9.72 Å². The van der Waals surface area contributed by atoms with Crippen LogP contribution in [0.3, 0.4) is 0 Å². The van der Waals surface area contributed by atoms with Crippen molar-refractivity contribution in [1.82, 2.24) is 9.97 Å². The third-order valence-electron chi connectivity index (χ3n) is 7.29. The van der Waals surface area contributed by atoms with Crippen LogP contribution in [0.1, 0.15) is 36.6 Å². The zero-order valence-corrected chi connectivity index (χ0v) is 17.3. The number of nitrogens with zero attached hydrogens (tertiary/aromatic N) is 4. The van der Waals surface area contributed by atoms with Gasteiger partial charge in [0.2, 0.25) is 5.95 Å². The van der Waals surface area contributed by atoms with Crippen molar-refractivity contribution in [3.05, 3.63) is 53.3 Å². The lowest BCUT2D eigenvalue weighted by Gasteiger charge is -2.51. The fraction of sp³-hybridized carbons (Fsp3) is 0.500. The van der Waals surface area contributed by atoms with Crippen LogP contribution in [0.2, 0.25) is 0 Å². The number of ether oxygens (including phenoxy) is 1. The first-order valence-electron chi connectivity index (χ1n) is 10.8. The summed E-state index contributed by atoms with van der Waals surface area (Å²) >= 11 is 0. The molecule has 0 amide bonds. The lowest BCUT2D eigenvalue weighted by molar-refractivity contribution is -0.131. The summed E-state index contributed by atoms with van der Waals surface area (Å²) in [6.07, 6.45) is 4.24. The number of aryl methyl sites for hydroxylation is 1. The van der Waals surface area contributed by atoms with Gasteiger partial charge in [-0.15, -0.1) is 0 Å². The summed E-state index contributed by atoms with van der Waals surface area (Å²) in [4.78, 5) is 24.9. The highest BCUT2D eigenvalue weighted by atomic mass is 16.5. The van der Waals surface area contributed by atoms with Crippen molar-refractivity contribution in [2.24, 2.45) is 17.8 Å². The maximum absolute atomic E-state index is 12.9. The van der Waals surface area contributed by atoms with Crippen LogP contribution in [0.25, 0.3) is 0 Å². The van der Waals surface area contributed by atoms with Gasteiger partial charge in [0.15, 0.2) is 5.78 Å². The van der Waals surface area contributed by atoms with E-state index in [0.29, 0.717) is 19.6 Å². The quantitative estimate of drug-likeness (QED) is 0.769. The smallest absolute Gasteiger partial charge is 0.225 e. The van der Waals surface area contributed by atoms with E-state index >= 15 is 0 Å². The van der Waals surface area contributed by atoms with E-state index in [1.54, 1.807) is 0 Å². The molecule has 2 unspecified atom stereocenters. The number of benzene rings is 1. The zero-order valence-electron chi connectivity index (χ0n) is 17.3. The number of rotatable bonds is 2. The number of carbonyl (C=O) groups excluding carboxylic acids is 1. The van der Waals surface area contributed by atoms with Gasteiger partial charge in [0.05, 0.1) is 25.0 Å². The molecule has 2 fully saturated rings. The largest absolute Gasteiger partial charge is 0.378 e. The molecule has 0 spiro atoms. The number of nitriles is 1. The lowest BCUT2D eigenvalue weighted by Crippen LogP contribution is -2.53. The normalized spacial score (nSPS) is 30.9. The third-order valence-corrected chi connectivity index (χ3v) is 7.29. The molecule has 0 N–H and O–H groups in total. The van der Waals surface area contributed by atoms with Gasteiger partial charge in [-0.05, 0) is 36.3 Å². The van der Waals surface area contributed by atoms with Gasteiger partial charge in [0.25, 0.3) is 0 Å². The van der Waals surface area contributed by atoms with E-state index in [9.17, 15) is 10.1 Å². The number of fused-ring (bicyclic) bond motifs is 3. The van der Waals surface area contributed by atoms with Crippen molar-refractivity contribution >= 4 is 11.7 Å². The SMILES string of the molecule is C[C@@H]1C(=O)C(C#N)CC2(c3ccccc3)c3nc(N4CCOCC4)ncc3CC[C@@H]12. The Kier molecular flexibility index (Phi) is 4.79. The van der Waals surface area contributed by atoms with Crippen molar-refractivity contribution in [1.29, 1.82) is 5.26 Å².